The number of fused-ring (bicyclic) bond motifs is 1. The number of thiophene rings is 1. The van der Waals surface area contributed by atoms with Crippen molar-refractivity contribution in [3.8, 4) is 0 Å². The first-order valence-electron chi connectivity index (χ1n) is 7.25. The van der Waals surface area contributed by atoms with Crippen molar-refractivity contribution in [1.29, 1.82) is 0 Å². The van der Waals surface area contributed by atoms with Gasteiger partial charge >= 0.3 is 0 Å². The Bertz CT molecular complexity index is 538. The average Bonchev–Trinajstić information content (AvgIpc) is 2.96. The van der Waals surface area contributed by atoms with Crippen LogP contribution in [0, 0.1) is 0 Å². The molecule has 0 radical (unpaired) electrons. The van der Waals surface area contributed by atoms with Gasteiger partial charge in [-0.15, -0.1) is 11.3 Å². The predicted molar refractivity (Wildman–Crippen MR) is 84.0 cm³/mol. The molecule has 0 fully saturated rings. The highest BCUT2D eigenvalue weighted by atomic mass is 32.1. The van der Waals surface area contributed by atoms with Crippen LogP contribution < -0.4 is 5.32 Å². The van der Waals surface area contributed by atoms with Gasteiger partial charge in [0.25, 0.3) is 0 Å². The van der Waals surface area contributed by atoms with Crippen LogP contribution in [0.3, 0.4) is 0 Å². The maximum atomic E-state index is 4.33. The highest BCUT2D eigenvalue weighted by Crippen LogP contribution is 2.32. The molecule has 1 unspecified atom stereocenters. The van der Waals surface area contributed by atoms with Gasteiger partial charge in [-0.1, -0.05) is 6.07 Å². The molecule has 0 saturated heterocycles. The lowest BCUT2D eigenvalue weighted by Gasteiger charge is -2.33. The maximum absolute atomic E-state index is 4.33. The van der Waals surface area contributed by atoms with Gasteiger partial charge in [0.2, 0.25) is 0 Å². The summed E-state index contributed by atoms with van der Waals surface area (Å²) in [5, 5.41) is 5.71. The van der Waals surface area contributed by atoms with E-state index in [1.165, 1.54) is 18.5 Å². The number of hydrogen-bond acceptors (Lipinski definition) is 4. The molecule has 0 aliphatic carbocycles. The molecule has 1 aliphatic rings. The third kappa shape index (κ3) is 3.08. The molecular formula is C16H21N3S. The summed E-state index contributed by atoms with van der Waals surface area (Å²) >= 11 is 1.91. The first-order chi connectivity index (χ1) is 9.84. The van der Waals surface area contributed by atoms with Crippen molar-refractivity contribution in [1.82, 2.24) is 15.2 Å². The van der Waals surface area contributed by atoms with Gasteiger partial charge in [0.05, 0.1) is 5.69 Å². The van der Waals surface area contributed by atoms with E-state index in [1.807, 2.05) is 29.7 Å². The lowest BCUT2D eigenvalue weighted by molar-refractivity contribution is 0.200. The minimum absolute atomic E-state index is 0.557. The van der Waals surface area contributed by atoms with Crippen LogP contribution in [0.5, 0.6) is 0 Å². The Morgan fingerprint density at radius 2 is 2.35 bits per heavy atom. The zero-order valence-corrected chi connectivity index (χ0v) is 12.7. The first-order valence-corrected chi connectivity index (χ1v) is 8.13. The van der Waals surface area contributed by atoms with Crippen LogP contribution in [0.1, 0.15) is 29.1 Å². The normalized spacial score (nSPS) is 18.9. The quantitative estimate of drug-likeness (QED) is 0.857. The van der Waals surface area contributed by atoms with Gasteiger partial charge in [-0.25, -0.2) is 0 Å². The predicted octanol–water partition coefficient (Wildman–Crippen LogP) is 2.85. The number of aromatic nitrogens is 1. The lowest BCUT2D eigenvalue weighted by Crippen LogP contribution is -2.38. The van der Waals surface area contributed by atoms with Crippen LogP contribution >= 0.6 is 11.3 Å². The molecule has 106 valence electrons. The van der Waals surface area contributed by atoms with Crippen LogP contribution in [0.15, 0.2) is 35.8 Å². The van der Waals surface area contributed by atoms with E-state index in [0.29, 0.717) is 6.04 Å². The highest BCUT2D eigenvalue weighted by molar-refractivity contribution is 7.10. The van der Waals surface area contributed by atoms with Crippen molar-refractivity contribution in [2.45, 2.75) is 25.9 Å². The molecule has 3 nitrogen and oxygen atoms in total. The molecule has 0 amide bonds. The smallest absolute Gasteiger partial charge is 0.0541 e. The highest BCUT2D eigenvalue weighted by Gasteiger charge is 2.23. The molecule has 4 heteroatoms. The van der Waals surface area contributed by atoms with E-state index in [-0.39, 0.29) is 0 Å². The van der Waals surface area contributed by atoms with E-state index in [2.05, 4.69) is 39.6 Å². The molecule has 1 atom stereocenters. The van der Waals surface area contributed by atoms with Gasteiger partial charge in [0.15, 0.2) is 0 Å². The van der Waals surface area contributed by atoms with Crippen molar-refractivity contribution in [2.75, 3.05) is 19.6 Å². The molecular weight excluding hydrogens is 266 g/mol. The Labute approximate surface area is 124 Å². The van der Waals surface area contributed by atoms with E-state index in [1.54, 1.807) is 4.88 Å². The van der Waals surface area contributed by atoms with E-state index in [4.69, 9.17) is 0 Å². The number of nitrogens with one attached hydrogen (secondary N) is 1. The minimum Gasteiger partial charge on any atom is -0.310 e. The van der Waals surface area contributed by atoms with Gasteiger partial charge in [-0.3, -0.25) is 9.88 Å². The molecule has 2 aromatic heterocycles. The average molecular weight is 287 g/mol. The van der Waals surface area contributed by atoms with Gasteiger partial charge in [0, 0.05) is 43.3 Å². The van der Waals surface area contributed by atoms with Gasteiger partial charge in [0.1, 0.15) is 0 Å². The number of pyridine rings is 1. The third-order valence-corrected chi connectivity index (χ3v) is 5.01. The minimum atomic E-state index is 0.557. The summed E-state index contributed by atoms with van der Waals surface area (Å²) in [6.07, 6.45) is 3.05. The standard InChI is InChI=1S/C16H21N3S/c1-13-15-6-11-20-16(15)5-9-19(13)10-8-17-12-14-4-2-3-7-18-14/h2-4,6-7,11,13,17H,5,8-10,12H2,1H3. The molecule has 20 heavy (non-hydrogen) atoms. The maximum Gasteiger partial charge on any atom is 0.0541 e. The Kier molecular flexibility index (Phi) is 4.45. The summed E-state index contributed by atoms with van der Waals surface area (Å²) in [6.45, 7) is 6.47. The summed E-state index contributed by atoms with van der Waals surface area (Å²) in [6, 6.07) is 8.90. The number of rotatable bonds is 5. The summed E-state index contributed by atoms with van der Waals surface area (Å²) < 4.78 is 0. The van der Waals surface area contributed by atoms with Gasteiger partial charge in [-0.05, 0) is 42.5 Å². The lowest BCUT2D eigenvalue weighted by atomic mass is 10.0. The van der Waals surface area contributed by atoms with Crippen molar-refractivity contribution < 1.29 is 0 Å². The molecule has 2 aromatic rings. The van der Waals surface area contributed by atoms with Gasteiger partial charge in [-0.2, -0.15) is 0 Å². The van der Waals surface area contributed by atoms with Gasteiger partial charge < -0.3 is 5.32 Å². The molecule has 0 saturated carbocycles. The monoisotopic (exact) mass is 287 g/mol. The summed E-state index contributed by atoms with van der Waals surface area (Å²) in [7, 11) is 0. The fourth-order valence-electron chi connectivity index (χ4n) is 2.81. The Hall–Kier alpha value is -1.23. The fourth-order valence-corrected chi connectivity index (χ4v) is 3.77. The molecule has 1 N–H and O–H groups in total. The SMILES string of the molecule is CC1c2ccsc2CCN1CCNCc1ccccn1. The van der Waals surface area contributed by atoms with Crippen LogP contribution in [-0.4, -0.2) is 29.5 Å². The van der Waals surface area contributed by atoms with Crippen molar-refractivity contribution >= 4 is 11.3 Å². The zero-order chi connectivity index (χ0) is 13.8. The Morgan fingerprint density at radius 1 is 1.40 bits per heavy atom. The van der Waals surface area contributed by atoms with Crippen molar-refractivity contribution in [3.05, 3.63) is 52.0 Å². The number of hydrogen-bond donors (Lipinski definition) is 1. The van der Waals surface area contributed by atoms with E-state index in [9.17, 15) is 0 Å². The molecule has 0 aromatic carbocycles. The summed E-state index contributed by atoms with van der Waals surface area (Å²) in [5.74, 6) is 0. The molecule has 0 spiro atoms. The Morgan fingerprint density at radius 3 is 3.20 bits per heavy atom. The fraction of sp³-hybridized carbons (Fsp3) is 0.438. The van der Waals surface area contributed by atoms with Crippen molar-refractivity contribution in [2.24, 2.45) is 0 Å². The van der Waals surface area contributed by atoms with Crippen LogP contribution in [0.2, 0.25) is 0 Å². The van der Waals surface area contributed by atoms with E-state index < -0.39 is 0 Å². The third-order valence-electron chi connectivity index (χ3n) is 4.01. The number of nitrogens with zero attached hydrogens (tertiary/aromatic N) is 2. The molecule has 3 rings (SSSR count). The first kappa shape index (κ1) is 13.7. The second kappa shape index (κ2) is 6.48. The Balaban J connectivity index is 1.46. The summed E-state index contributed by atoms with van der Waals surface area (Å²) in [4.78, 5) is 8.47. The van der Waals surface area contributed by atoms with Crippen LogP contribution in [0.4, 0.5) is 0 Å². The summed E-state index contributed by atoms with van der Waals surface area (Å²) in [5.41, 5.74) is 2.64. The molecule has 3 heterocycles. The molecule has 0 bridgehead atoms. The second-order valence-corrected chi connectivity index (χ2v) is 6.26. The largest absolute Gasteiger partial charge is 0.310 e. The van der Waals surface area contributed by atoms with E-state index in [0.717, 1.165) is 25.3 Å². The van der Waals surface area contributed by atoms with Crippen LogP contribution in [-0.2, 0) is 13.0 Å². The second-order valence-electron chi connectivity index (χ2n) is 5.26. The van der Waals surface area contributed by atoms with E-state index >= 15 is 0 Å². The van der Waals surface area contributed by atoms with Crippen LogP contribution in [0.25, 0.3) is 0 Å². The van der Waals surface area contributed by atoms with Crippen molar-refractivity contribution in [3.63, 3.8) is 0 Å². The molecule has 1 aliphatic heterocycles. The zero-order valence-electron chi connectivity index (χ0n) is 11.9. The topological polar surface area (TPSA) is 28.2 Å².